The van der Waals surface area contributed by atoms with Gasteiger partial charge >= 0.3 is 0 Å². The molecule has 6 heteroatoms. The van der Waals surface area contributed by atoms with Crippen LogP contribution in [0.4, 0.5) is 5.69 Å². The Morgan fingerprint density at radius 3 is 2.48 bits per heavy atom. The van der Waals surface area contributed by atoms with Gasteiger partial charge in [-0.2, -0.15) is 0 Å². The molecule has 1 aromatic heterocycles. The van der Waals surface area contributed by atoms with Gasteiger partial charge in [-0.15, -0.1) is 11.3 Å². The first-order valence-electron chi connectivity index (χ1n) is 10.8. The lowest BCUT2D eigenvalue weighted by Crippen LogP contribution is -2.35. The second kappa shape index (κ2) is 10.2. The van der Waals surface area contributed by atoms with E-state index >= 15 is 0 Å². The van der Waals surface area contributed by atoms with Gasteiger partial charge in [0.15, 0.2) is 0 Å². The van der Waals surface area contributed by atoms with Gasteiger partial charge in [-0.05, 0) is 29.2 Å². The molecule has 3 aromatic rings. The topological polar surface area (TPSA) is 54.5 Å². The minimum atomic E-state index is -0.0463. The molecule has 1 aliphatic rings. The first-order valence-corrected chi connectivity index (χ1v) is 11.7. The van der Waals surface area contributed by atoms with Crippen molar-refractivity contribution in [1.82, 2.24) is 9.88 Å². The normalized spacial score (nSPS) is 14.7. The molecule has 0 aliphatic carbocycles. The Hall–Kier alpha value is -2.54. The maximum atomic E-state index is 12.4. The average molecular weight is 436 g/mol. The van der Waals surface area contributed by atoms with E-state index < -0.39 is 0 Å². The molecule has 1 aliphatic heterocycles. The summed E-state index contributed by atoms with van der Waals surface area (Å²) in [5, 5.41) is 5.88. The Labute approximate surface area is 188 Å². The molecule has 0 radical (unpaired) electrons. The van der Waals surface area contributed by atoms with Gasteiger partial charge in [0.1, 0.15) is 5.01 Å². The second-order valence-electron chi connectivity index (χ2n) is 8.23. The predicted molar refractivity (Wildman–Crippen MR) is 127 cm³/mol. The largest absolute Gasteiger partial charge is 0.379 e. The van der Waals surface area contributed by atoms with Gasteiger partial charge in [-0.3, -0.25) is 9.69 Å². The van der Waals surface area contributed by atoms with Crippen LogP contribution in [0, 0.1) is 0 Å². The quantitative estimate of drug-likeness (QED) is 0.571. The summed E-state index contributed by atoms with van der Waals surface area (Å²) in [5.74, 6) is 0.432. The minimum Gasteiger partial charge on any atom is -0.379 e. The highest BCUT2D eigenvalue weighted by Gasteiger charge is 2.12. The molecule has 0 bridgehead atoms. The van der Waals surface area contributed by atoms with Crippen molar-refractivity contribution in [3.63, 3.8) is 0 Å². The van der Waals surface area contributed by atoms with Gasteiger partial charge in [-0.25, -0.2) is 4.98 Å². The van der Waals surface area contributed by atoms with E-state index in [1.165, 1.54) is 11.1 Å². The van der Waals surface area contributed by atoms with Gasteiger partial charge in [0.25, 0.3) is 0 Å². The number of hydrogen-bond donors (Lipinski definition) is 1. The molecule has 5 nitrogen and oxygen atoms in total. The third kappa shape index (κ3) is 6.00. The summed E-state index contributed by atoms with van der Waals surface area (Å²) >= 11 is 1.58. The van der Waals surface area contributed by atoms with Crippen molar-refractivity contribution in [2.24, 2.45) is 0 Å². The number of anilines is 1. The van der Waals surface area contributed by atoms with Crippen molar-refractivity contribution >= 4 is 22.9 Å². The molecule has 0 spiro atoms. The molecule has 2 aromatic carbocycles. The van der Waals surface area contributed by atoms with Crippen molar-refractivity contribution < 1.29 is 9.53 Å². The molecule has 31 heavy (non-hydrogen) atoms. The fourth-order valence-corrected chi connectivity index (χ4v) is 4.44. The summed E-state index contributed by atoms with van der Waals surface area (Å²) in [6.45, 7) is 8.87. The second-order valence-corrected chi connectivity index (χ2v) is 9.09. The number of benzene rings is 2. The number of hydrogen-bond acceptors (Lipinski definition) is 5. The number of nitrogens with one attached hydrogen (secondary N) is 1. The van der Waals surface area contributed by atoms with Crippen LogP contribution in [0.2, 0.25) is 0 Å². The van der Waals surface area contributed by atoms with Crippen molar-refractivity contribution in [2.75, 3.05) is 31.6 Å². The Balaban J connectivity index is 1.32. The van der Waals surface area contributed by atoms with E-state index in [0.717, 1.165) is 54.8 Å². The molecule has 0 unspecified atom stereocenters. The smallest absolute Gasteiger partial charge is 0.230 e. The van der Waals surface area contributed by atoms with Crippen LogP contribution in [-0.2, 0) is 22.5 Å². The van der Waals surface area contributed by atoms with E-state index in [4.69, 9.17) is 4.74 Å². The number of nitrogens with zero attached hydrogens (tertiary/aromatic N) is 2. The summed E-state index contributed by atoms with van der Waals surface area (Å²) in [7, 11) is 0. The maximum absolute atomic E-state index is 12.4. The Bertz CT molecular complexity index is 990. The molecule has 1 fully saturated rings. The molecular weight excluding hydrogens is 406 g/mol. The van der Waals surface area contributed by atoms with Crippen LogP contribution in [-0.4, -0.2) is 42.1 Å². The zero-order valence-electron chi connectivity index (χ0n) is 18.1. The maximum Gasteiger partial charge on any atom is 0.230 e. The van der Waals surface area contributed by atoms with E-state index in [1.807, 2.05) is 17.5 Å². The monoisotopic (exact) mass is 435 g/mol. The van der Waals surface area contributed by atoms with Crippen LogP contribution in [0.1, 0.15) is 36.6 Å². The number of amides is 1. The number of carbonyl (C=O) groups excluding carboxylic acids is 1. The van der Waals surface area contributed by atoms with Crippen LogP contribution in [0.25, 0.3) is 10.6 Å². The number of thiazole rings is 1. The lowest BCUT2D eigenvalue weighted by atomic mass is 10.0. The van der Waals surface area contributed by atoms with Crippen molar-refractivity contribution in [1.29, 1.82) is 0 Å². The first-order chi connectivity index (χ1) is 15.1. The number of ether oxygens (including phenoxy) is 1. The minimum absolute atomic E-state index is 0.0463. The molecule has 1 amide bonds. The predicted octanol–water partition coefficient (Wildman–Crippen LogP) is 4.95. The van der Waals surface area contributed by atoms with E-state index in [2.05, 4.69) is 65.4 Å². The zero-order chi connectivity index (χ0) is 21.6. The van der Waals surface area contributed by atoms with Crippen LogP contribution >= 0.6 is 11.3 Å². The molecule has 0 atom stereocenters. The third-order valence-corrected chi connectivity index (χ3v) is 6.41. The Morgan fingerprint density at radius 1 is 1.10 bits per heavy atom. The Kier molecular flexibility index (Phi) is 7.12. The van der Waals surface area contributed by atoms with Crippen molar-refractivity contribution in [3.05, 3.63) is 70.7 Å². The lowest BCUT2D eigenvalue weighted by Gasteiger charge is -2.26. The standard InChI is InChI=1S/C25H29N3O2S/c1-18(2)20-7-9-22(10-8-20)26-24(29)15-23-17-31-25(27-23)21-5-3-19(4-6-21)16-28-11-13-30-14-12-28/h3-10,17-18H,11-16H2,1-2H3,(H,26,29). The van der Waals surface area contributed by atoms with E-state index in [1.54, 1.807) is 11.3 Å². The molecule has 1 saturated heterocycles. The van der Waals surface area contributed by atoms with Crippen LogP contribution in [0.15, 0.2) is 53.9 Å². The third-order valence-electron chi connectivity index (χ3n) is 5.47. The van der Waals surface area contributed by atoms with Crippen molar-refractivity contribution in [2.45, 2.75) is 32.7 Å². The van der Waals surface area contributed by atoms with Crippen molar-refractivity contribution in [3.8, 4) is 10.6 Å². The number of rotatable bonds is 7. The SMILES string of the molecule is CC(C)c1ccc(NC(=O)Cc2csc(-c3ccc(CN4CCOCC4)cc3)n2)cc1. The van der Waals surface area contributed by atoms with Crippen LogP contribution < -0.4 is 5.32 Å². The highest BCUT2D eigenvalue weighted by Crippen LogP contribution is 2.25. The van der Waals surface area contributed by atoms with Gasteiger partial charge in [0, 0.05) is 36.3 Å². The molecule has 0 saturated carbocycles. The number of carbonyl (C=O) groups is 1. The molecular formula is C25H29N3O2S. The van der Waals surface area contributed by atoms with Gasteiger partial charge in [-0.1, -0.05) is 50.2 Å². The summed E-state index contributed by atoms with van der Waals surface area (Å²) in [6, 6.07) is 16.6. The summed E-state index contributed by atoms with van der Waals surface area (Å²) in [5.41, 5.74) is 5.27. The van der Waals surface area contributed by atoms with Gasteiger partial charge in [0.05, 0.1) is 25.3 Å². The number of aromatic nitrogens is 1. The summed E-state index contributed by atoms with van der Waals surface area (Å²) in [6.07, 6.45) is 0.275. The first kappa shape index (κ1) is 21.7. The van der Waals surface area contributed by atoms with Gasteiger partial charge < -0.3 is 10.1 Å². The van der Waals surface area contributed by atoms with E-state index in [9.17, 15) is 4.79 Å². The molecule has 1 N–H and O–H groups in total. The molecule has 4 rings (SSSR count). The highest BCUT2D eigenvalue weighted by molar-refractivity contribution is 7.13. The zero-order valence-corrected chi connectivity index (χ0v) is 19.0. The van der Waals surface area contributed by atoms with E-state index in [-0.39, 0.29) is 12.3 Å². The summed E-state index contributed by atoms with van der Waals surface area (Å²) < 4.78 is 5.41. The molecule has 162 valence electrons. The van der Waals surface area contributed by atoms with E-state index in [0.29, 0.717) is 5.92 Å². The molecule has 2 heterocycles. The Morgan fingerprint density at radius 2 is 1.81 bits per heavy atom. The van der Waals surface area contributed by atoms with Crippen LogP contribution in [0.3, 0.4) is 0 Å². The average Bonchev–Trinajstić information content (AvgIpc) is 3.23. The lowest BCUT2D eigenvalue weighted by molar-refractivity contribution is -0.115. The fourth-order valence-electron chi connectivity index (χ4n) is 3.61. The summed E-state index contributed by atoms with van der Waals surface area (Å²) in [4.78, 5) is 19.5. The fraction of sp³-hybridized carbons (Fsp3) is 0.360. The number of morpholine rings is 1. The highest BCUT2D eigenvalue weighted by atomic mass is 32.1. The van der Waals surface area contributed by atoms with Crippen LogP contribution in [0.5, 0.6) is 0 Å². The van der Waals surface area contributed by atoms with Gasteiger partial charge in [0.2, 0.25) is 5.91 Å².